The number of pyridine rings is 1. The number of nitrogens with two attached hydrogens (primary N) is 1. The van der Waals surface area contributed by atoms with Crippen LogP contribution in [0.5, 0.6) is 11.5 Å². The Kier molecular flexibility index (Phi) is 5.86. The highest BCUT2D eigenvalue weighted by Crippen LogP contribution is 2.57. The minimum Gasteiger partial charge on any atom is -0.490 e. The molecule has 0 unspecified atom stereocenters. The van der Waals surface area contributed by atoms with E-state index >= 15 is 0 Å². The summed E-state index contributed by atoms with van der Waals surface area (Å²) < 4.78 is 13.8. The number of nitrogens with zero attached hydrogens (tertiary/aromatic N) is 2. The number of rotatable bonds is 9. The van der Waals surface area contributed by atoms with Gasteiger partial charge in [0.05, 0.1) is 40.2 Å². The largest absolute Gasteiger partial charge is 0.490 e. The smallest absolute Gasteiger partial charge is 0.255 e. The predicted octanol–water partition coefficient (Wildman–Crippen LogP) is 3.58. The number of para-hydroxylation sites is 1. The van der Waals surface area contributed by atoms with E-state index in [1.165, 1.54) is 0 Å². The minimum atomic E-state index is -0.939. The van der Waals surface area contributed by atoms with Crippen LogP contribution < -0.4 is 20.5 Å². The first kappa shape index (κ1) is 24.7. The number of nitrogens with one attached hydrogen (secondary N) is 1. The molecule has 3 aromatic rings. The molecule has 3 fully saturated rings. The van der Waals surface area contributed by atoms with Crippen LogP contribution in [-0.4, -0.2) is 50.9 Å². The van der Waals surface area contributed by atoms with E-state index in [0.717, 1.165) is 49.7 Å². The molecule has 38 heavy (non-hydrogen) atoms. The van der Waals surface area contributed by atoms with Gasteiger partial charge in [-0.3, -0.25) is 9.59 Å². The van der Waals surface area contributed by atoms with Gasteiger partial charge in [0.2, 0.25) is 0 Å². The number of amides is 2. The van der Waals surface area contributed by atoms with Crippen molar-refractivity contribution in [3.63, 3.8) is 0 Å². The van der Waals surface area contributed by atoms with Crippen LogP contribution in [0.2, 0.25) is 0 Å². The Morgan fingerprint density at radius 2 is 1.84 bits per heavy atom. The van der Waals surface area contributed by atoms with Gasteiger partial charge in [0.1, 0.15) is 18.1 Å². The third-order valence-electron chi connectivity index (χ3n) is 7.93. The first-order valence-corrected chi connectivity index (χ1v) is 13.3. The molecule has 6 rings (SSSR count). The molecular formula is C29H34N4O5. The van der Waals surface area contributed by atoms with E-state index in [2.05, 4.69) is 10.4 Å². The number of ether oxygens (including phenoxy) is 2. The van der Waals surface area contributed by atoms with Crippen LogP contribution in [0.1, 0.15) is 84.7 Å². The molecule has 1 spiro atoms. The Bertz CT molecular complexity index is 1390. The number of carbonyl (C=O) groups excluding carboxylic acids is 2. The van der Waals surface area contributed by atoms with Gasteiger partial charge >= 0.3 is 0 Å². The maximum atomic E-state index is 13.2. The molecule has 0 saturated heterocycles. The van der Waals surface area contributed by atoms with Gasteiger partial charge in [0, 0.05) is 12.0 Å². The van der Waals surface area contributed by atoms with Crippen molar-refractivity contribution in [3.8, 4) is 11.5 Å². The summed E-state index contributed by atoms with van der Waals surface area (Å²) >= 11 is 0. The summed E-state index contributed by atoms with van der Waals surface area (Å²) in [4.78, 5) is 24.8. The summed E-state index contributed by atoms with van der Waals surface area (Å²) in [6.45, 7) is 3.60. The first-order chi connectivity index (χ1) is 18.1. The number of benzene rings is 1. The van der Waals surface area contributed by atoms with Gasteiger partial charge in [0.15, 0.2) is 0 Å². The number of aliphatic hydroxyl groups is 1. The average molecular weight is 519 g/mol. The molecule has 0 atom stereocenters. The van der Waals surface area contributed by atoms with Crippen molar-refractivity contribution in [2.75, 3.05) is 6.61 Å². The second-order valence-corrected chi connectivity index (χ2v) is 11.9. The predicted molar refractivity (Wildman–Crippen MR) is 140 cm³/mol. The third-order valence-corrected chi connectivity index (χ3v) is 7.93. The van der Waals surface area contributed by atoms with Gasteiger partial charge in [-0.1, -0.05) is 12.1 Å². The molecule has 0 aliphatic heterocycles. The lowest BCUT2D eigenvalue weighted by molar-refractivity contribution is -0.0834. The van der Waals surface area contributed by atoms with Crippen LogP contribution in [0.4, 0.5) is 0 Å². The van der Waals surface area contributed by atoms with Gasteiger partial charge in [-0.25, -0.2) is 4.52 Å². The number of fused-ring (bicyclic) bond motifs is 1. The first-order valence-electron chi connectivity index (χ1n) is 13.3. The molecule has 200 valence electrons. The molecule has 0 radical (unpaired) electrons. The van der Waals surface area contributed by atoms with Crippen LogP contribution in [0.15, 0.2) is 42.6 Å². The lowest BCUT2D eigenvalue weighted by Crippen LogP contribution is -2.58. The Labute approximate surface area is 221 Å². The third kappa shape index (κ3) is 4.71. The Hall–Kier alpha value is -3.59. The van der Waals surface area contributed by atoms with Crippen LogP contribution in [0.25, 0.3) is 5.52 Å². The molecule has 1 aromatic carbocycles. The molecular weight excluding hydrogens is 484 g/mol. The molecule has 0 bridgehead atoms. The normalized spacial score (nSPS) is 24.5. The van der Waals surface area contributed by atoms with Gasteiger partial charge < -0.3 is 25.6 Å². The zero-order valence-corrected chi connectivity index (χ0v) is 21.8. The fourth-order valence-corrected chi connectivity index (χ4v) is 5.96. The molecule has 3 aliphatic rings. The standard InChI is InChI=1S/C29H34N4O5/c1-28(2,36)16-37-24-10-9-22-21(15-31-33(22)25(24)17-7-8-17)27(35)32-18-11-29(12-18)13-19(14-29)38-23-6-4-3-5-20(23)26(30)34/h3-6,9-10,15,17-19,36H,7-8,11-14,16H2,1-2H3,(H2,30,34)(H,32,35)/t18-,19-,29?. The lowest BCUT2D eigenvalue weighted by Gasteiger charge is -2.57. The SMILES string of the molecule is CC(C)(O)COc1ccc2c(C(=O)N[C@H]3CC4(C3)C[C@H](Oc3ccccc3C(N)=O)C4)cnn2c1C1CC1. The number of hydrogen-bond donors (Lipinski definition) is 3. The topological polar surface area (TPSA) is 128 Å². The van der Waals surface area contributed by atoms with Gasteiger partial charge in [-0.05, 0) is 82.1 Å². The number of carbonyl (C=O) groups is 2. The fraction of sp³-hybridized carbons (Fsp3) is 0.483. The second kappa shape index (κ2) is 9.01. The molecule has 9 nitrogen and oxygen atoms in total. The Morgan fingerprint density at radius 1 is 1.11 bits per heavy atom. The highest BCUT2D eigenvalue weighted by Gasteiger charge is 2.54. The van der Waals surface area contributed by atoms with Gasteiger partial charge in [0.25, 0.3) is 11.8 Å². The van der Waals surface area contributed by atoms with Crippen molar-refractivity contribution in [1.82, 2.24) is 14.9 Å². The summed E-state index contributed by atoms with van der Waals surface area (Å²) in [5, 5.41) is 17.8. The Morgan fingerprint density at radius 3 is 2.53 bits per heavy atom. The monoisotopic (exact) mass is 518 g/mol. The fourth-order valence-electron chi connectivity index (χ4n) is 5.96. The quantitative estimate of drug-likeness (QED) is 0.397. The maximum Gasteiger partial charge on any atom is 0.255 e. The summed E-state index contributed by atoms with van der Waals surface area (Å²) in [5.74, 6) is 0.987. The average Bonchev–Trinajstić information content (AvgIpc) is 3.56. The second-order valence-electron chi connectivity index (χ2n) is 11.9. The molecule has 9 heteroatoms. The summed E-state index contributed by atoms with van der Waals surface area (Å²) in [7, 11) is 0. The van der Waals surface area contributed by atoms with E-state index in [4.69, 9.17) is 15.2 Å². The van der Waals surface area contributed by atoms with Gasteiger partial charge in [-0.15, -0.1) is 0 Å². The number of hydrogen-bond acceptors (Lipinski definition) is 6. The zero-order valence-electron chi connectivity index (χ0n) is 21.8. The molecule has 2 aromatic heterocycles. The lowest BCUT2D eigenvalue weighted by atomic mass is 9.53. The Balaban J connectivity index is 1.07. The van der Waals surface area contributed by atoms with E-state index in [0.29, 0.717) is 28.5 Å². The molecule has 2 amide bonds. The number of aromatic nitrogens is 2. The molecule has 3 saturated carbocycles. The van der Waals surface area contributed by atoms with E-state index in [1.54, 1.807) is 38.2 Å². The van der Waals surface area contributed by atoms with E-state index < -0.39 is 11.5 Å². The van der Waals surface area contributed by atoms with Crippen molar-refractivity contribution < 1.29 is 24.2 Å². The van der Waals surface area contributed by atoms with Crippen LogP contribution in [-0.2, 0) is 0 Å². The van der Waals surface area contributed by atoms with Crippen molar-refractivity contribution in [3.05, 3.63) is 59.4 Å². The van der Waals surface area contributed by atoms with Crippen LogP contribution in [0.3, 0.4) is 0 Å². The minimum absolute atomic E-state index is 0.0560. The maximum absolute atomic E-state index is 13.2. The summed E-state index contributed by atoms with van der Waals surface area (Å²) in [6, 6.07) is 10.9. The van der Waals surface area contributed by atoms with Crippen molar-refractivity contribution in [2.45, 2.75) is 76.0 Å². The molecule has 3 aliphatic carbocycles. The van der Waals surface area contributed by atoms with Gasteiger partial charge in [-0.2, -0.15) is 5.10 Å². The van der Waals surface area contributed by atoms with E-state index in [1.807, 2.05) is 22.7 Å². The van der Waals surface area contributed by atoms with Crippen LogP contribution in [0, 0.1) is 5.41 Å². The zero-order chi connectivity index (χ0) is 26.7. The highest BCUT2D eigenvalue weighted by molar-refractivity contribution is 6.01. The molecule has 4 N–H and O–H groups in total. The summed E-state index contributed by atoms with van der Waals surface area (Å²) in [5.41, 5.74) is 7.40. The van der Waals surface area contributed by atoms with Crippen molar-refractivity contribution >= 4 is 17.3 Å². The van der Waals surface area contributed by atoms with E-state index in [-0.39, 0.29) is 30.1 Å². The molecule has 2 heterocycles. The van der Waals surface area contributed by atoms with Crippen molar-refractivity contribution in [2.24, 2.45) is 11.1 Å². The van der Waals surface area contributed by atoms with Crippen molar-refractivity contribution in [1.29, 1.82) is 0 Å². The highest BCUT2D eigenvalue weighted by atomic mass is 16.5. The summed E-state index contributed by atoms with van der Waals surface area (Å²) in [6.07, 6.45) is 7.44. The number of primary amides is 1. The van der Waals surface area contributed by atoms with Crippen LogP contribution >= 0.6 is 0 Å². The van der Waals surface area contributed by atoms with E-state index in [9.17, 15) is 14.7 Å².